The fourth-order valence-electron chi connectivity index (χ4n) is 1.37. The first-order chi connectivity index (χ1) is 7.30. The van der Waals surface area contributed by atoms with E-state index in [1.54, 1.807) is 0 Å². The van der Waals surface area contributed by atoms with Crippen LogP contribution in [-0.2, 0) is 9.31 Å². The Morgan fingerprint density at radius 2 is 1.75 bits per heavy atom. The van der Waals surface area contributed by atoms with Crippen LogP contribution in [0.1, 0.15) is 40.5 Å². The lowest BCUT2D eigenvalue weighted by atomic mass is 9.89. The van der Waals surface area contributed by atoms with Gasteiger partial charge in [0, 0.05) is 9.36 Å². The summed E-state index contributed by atoms with van der Waals surface area (Å²) in [6.45, 7) is 8.26. The second-order valence-corrected chi connectivity index (χ2v) is 6.63. The molecule has 1 aliphatic rings. The topological polar surface area (TPSA) is 18.5 Å². The van der Waals surface area contributed by atoms with E-state index in [-0.39, 0.29) is 18.3 Å². The highest BCUT2D eigenvalue weighted by Gasteiger charge is 2.51. The average Bonchev–Trinajstić information content (AvgIpc) is 2.36. The second kappa shape index (κ2) is 5.59. The molecule has 0 saturated carbocycles. The van der Waals surface area contributed by atoms with Crippen molar-refractivity contribution in [2.45, 2.75) is 51.7 Å². The molecule has 1 fully saturated rings. The number of rotatable bonds is 4. The molecule has 1 saturated heterocycles. The predicted molar refractivity (Wildman–Crippen MR) is 78.1 cm³/mol. The standard InChI is InChI=1S/C11H19BClIO2/c1-10(2)11(3,4)16-12(15-10)9(14)7-5-6-8-13/h7H,5-6,8H2,1-4H3/b9-7-. The van der Waals surface area contributed by atoms with E-state index in [1.165, 1.54) is 0 Å². The first-order valence-corrected chi connectivity index (χ1v) is 7.18. The highest BCUT2D eigenvalue weighted by atomic mass is 127. The molecule has 0 spiro atoms. The second-order valence-electron chi connectivity index (χ2n) is 5.01. The van der Waals surface area contributed by atoms with Gasteiger partial charge >= 0.3 is 7.12 Å². The summed E-state index contributed by atoms with van der Waals surface area (Å²) in [4.78, 5) is 0. The Hall–Kier alpha value is 0.745. The molecule has 0 bridgehead atoms. The van der Waals surface area contributed by atoms with E-state index >= 15 is 0 Å². The molecule has 92 valence electrons. The Morgan fingerprint density at radius 1 is 1.25 bits per heavy atom. The van der Waals surface area contributed by atoms with Crippen LogP contribution in [0.5, 0.6) is 0 Å². The minimum absolute atomic E-state index is 0.221. The van der Waals surface area contributed by atoms with Crippen LogP contribution in [0.15, 0.2) is 9.56 Å². The molecule has 16 heavy (non-hydrogen) atoms. The van der Waals surface area contributed by atoms with Crippen LogP contribution in [0.25, 0.3) is 0 Å². The van der Waals surface area contributed by atoms with Crippen molar-refractivity contribution in [3.05, 3.63) is 9.56 Å². The maximum absolute atomic E-state index is 5.93. The van der Waals surface area contributed by atoms with Crippen molar-refractivity contribution in [3.8, 4) is 0 Å². The molecule has 5 heteroatoms. The van der Waals surface area contributed by atoms with Crippen molar-refractivity contribution in [2.75, 3.05) is 5.88 Å². The number of hydrogen-bond acceptors (Lipinski definition) is 2. The number of halogens is 2. The molecule has 1 heterocycles. The average molecular weight is 356 g/mol. The molecule has 0 amide bonds. The predicted octanol–water partition coefficient (Wildman–Crippen LogP) is 3.96. The smallest absolute Gasteiger partial charge is 0.399 e. The van der Waals surface area contributed by atoms with E-state index in [2.05, 4.69) is 56.4 Å². The lowest BCUT2D eigenvalue weighted by Gasteiger charge is -2.32. The van der Waals surface area contributed by atoms with Gasteiger partial charge in [0.1, 0.15) is 0 Å². The number of allylic oxidation sites excluding steroid dienone is 1. The van der Waals surface area contributed by atoms with Crippen molar-refractivity contribution < 1.29 is 9.31 Å². The Labute approximate surface area is 117 Å². The number of hydrogen-bond donors (Lipinski definition) is 0. The third-order valence-corrected chi connectivity index (χ3v) is 4.37. The van der Waals surface area contributed by atoms with Crippen LogP contribution in [0.4, 0.5) is 0 Å². The highest BCUT2D eigenvalue weighted by Crippen LogP contribution is 2.39. The SMILES string of the molecule is CC1(C)OB(/C(I)=C/CCCCl)OC1(C)C. The van der Waals surface area contributed by atoms with Gasteiger partial charge in [-0.25, -0.2) is 0 Å². The van der Waals surface area contributed by atoms with Crippen molar-refractivity contribution >= 4 is 41.3 Å². The maximum Gasteiger partial charge on any atom is 0.500 e. The summed E-state index contributed by atoms with van der Waals surface area (Å²) in [5.74, 6) is 0.698. The molecular weight excluding hydrogens is 337 g/mol. The monoisotopic (exact) mass is 356 g/mol. The van der Waals surface area contributed by atoms with Gasteiger partial charge in [-0.05, 0) is 40.5 Å². The summed E-state index contributed by atoms with van der Waals surface area (Å²) >= 11 is 7.93. The molecule has 0 atom stereocenters. The van der Waals surface area contributed by atoms with Gasteiger partial charge in [0.05, 0.1) is 11.2 Å². The summed E-state index contributed by atoms with van der Waals surface area (Å²) in [7, 11) is -0.221. The van der Waals surface area contributed by atoms with E-state index in [9.17, 15) is 0 Å². The van der Waals surface area contributed by atoms with Crippen LogP contribution in [0.2, 0.25) is 0 Å². The Morgan fingerprint density at radius 3 is 2.19 bits per heavy atom. The van der Waals surface area contributed by atoms with Gasteiger partial charge in [-0.1, -0.05) is 28.7 Å². The summed E-state index contributed by atoms with van der Waals surface area (Å²) in [6.07, 6.45) is 4.12. The lowest BCUT2D eigenvalue weighted by Crippen LogP contribution is -2.41. The van der Waals surface area contributed by atoms with Gasteiger partial charge in [-0.3, -0.25) is 0 Å². The van der Waals surface area contributed by atoms with Gasteiger partial charge in [0.2, 0.25) is 0 Å². The van der Waals surface area contributed by atoms with Gasteiger partial charge in [0.25, 0.3) is 0 Å². The molecule has 0 radical (unpaired) electrons. The molecule has 0 aromatic rings. The maximum atomic E-state index is 5.93. The molecule has 0 N–H and O–H groups in total. The molecule has 0 unspecified atom stereocenters. The van der Waals surface area contributed by atoms with Crippen LogP contribution < -0.4 is 0 Å². The first kappa shape index (κ1) is 14.8. The number of alkyl halides is 1. The Kier molecular flexibility index (Phi) is 5.17. The molecule has 0 aliphatic carbocycles. The highest BCUT2D eigenvalue weighted by molar-refractivity contribution is 14.1. The molecule has 0 aromatic heterocycles. The minimum atomic E-state index is -0.256. The fraction of sp³-hybridized carbons (Fsp3) is 0.818. The van der Waals surface area contributed by atoms with E-state index in [1.807, 2.05) is 0 Å². The van der Waals surface area contributed by atoms with E-state index in [4.69, 9.17) is 20.9 Å². The summed E-state index contributed by atoms with van der Waals surface area (Å²) in [5.41, 5.74) is -0.511. The molecule has 0 aromatic carbocycles. The van der Waals surface area contributed by atoms with Crippen LogP contribution in [0, 0.1) is 0 Å². The third-order valence-electron chi connectivity index (χ3n) is 3.16. The van der Waals surface area contributed by atoms with E-state index < -0.39 is 0 Å². The zero-order valence-electron chi connectivity index (χ0n) is 10.3. The van der Waals surface area contributed by atoms with Gasteiger partial charge in [-0.2, -0.15) is 0 Å². The molecular formula is C11H19BClIO2. The fourth-order valence-corrected chi connectivity index (χ4v) is 2.09. The first-order valence-electron chi connectivity index (χ1n) is 5.57. The van der Waals surface area contributed by atoms with Crippen LogP contribution in [-0.4, -0.2) is 24.2 Å². The molecule has 1 aliphatic heterocycles. The Balaban J connectivity index is 2.62. The van der Waals surface area contributed by atoms with Crippen molar-refractivity contribution in [1.82, 2.24) is 0 Å². The molecule has 1 rings (SSSR count). The van der Waals surface area contributed by atoms with Crippen molar-refractivity contribution in [2.24, 2.45) is 0 Å². The van der Waals surface area contributed by atoms with E-state index in [0.717, 1.165) is 16.3 Å². The summed E-state index contributed by atoms with van der Waals surface area (Å²) in [5, 5.41) is 0. The summed E-state index contributed by atoms with van der Waals surface area (Å²) < 4.78 is 13.0. The third kappa shape index (κ3) is 3.37. The lowest BCUT2D eigenvalue weighted by molar-refractivity contribution is 0.00578. The zero-order valence-corrected chi connectivity index (χ0v) is 13.3. The van der Waals surface area contributed by atoms with Crippen LogP contribution >= 0.6 is 34.2 Å². The van der Waals surface area contributed by atoms with Gasteiger partial charge < -0.3 is 9.31 Å². The van der Waals surface area contributed by atoms with Crippen LogP contribution in [0.3, 0.4) is 0 Å². The Bertz CT molecular complexity index is 263. The zero-order chi connectivity index (χ0) is 12.4. The quantitative estimate of drug-likeness (QED) is 0.329. The van der Waals surface area contributed by atoms with Crippen molar-refractivity contribution in [1.29, 1.82) is 0 Å². The van der Waals surface area contributed by atoms with Gasteiger partial charge in [0.15, 0.2) is 0 Å². The number of unbranched alkanes of at least 4 members (excludes halogenated alkanes) is 1. The normalized spacial score (nSPS) is 23.9. The summed E-state index contributed by atoms with van der Waals surface area (Å²) in [6, 6.07) is 0. The molecule has 2 nitrogen and oxygen atoms in total. The van der Waals surface area contributed by atoms with E-state index in [0.29, 0.717) is 5.88 Å². The van der Waals surface area contributed by atoms with Gasteiger partial charge in [-0.15, -0.1) is 11.6 Å². The largest absolute Gasteiger partial charge is 0.500 e. The minimum Gasteiger partial charge on any atom is -0.399 e. The van der Waals surface area contributed by atoms with Crippen molar-refractivity contribution in [3.63, 3.8) is 0 Å².